The van der Waals surface area contributed by atoms with Gasteiger partial charge in [0.15, 0.2) is 5.76 Å². The molecule has 38 heavy (non-hydrogen) atoms. The lowest BCUT2D eigenvalue weighted by Crippen LogP contribution is -2.22. The standard InChI is InChI=1S/C31H31N3O4/c1-3-4-19-37-23-17-15-22(16-18-23)32-31(36)29-20(2)28-26(13-8-14-27(28)38-29)33-34-30(35)25-12-7-10-21-9-5-6-11-24(21)25/h5-7,9-12,15-18H,3-4,8,13-14,19H2,1-2H3,(H,32,36)(H,34,35)/b33-26+. The lowest BCUT2D eigenvalue weighted by atomic mass is 9.93. The molecule has 0 atom stereocenters. The van der Waals surface area contributed by atoms with Gasteiger partial charge in [-0.05, 0) is 67.3 Å². The Morgan fingerprint density at radius 2 is 1.76 bits per heavy atom. The number of amides is 2. The normalized spacial score (nSPS) is 13.8. The van der Waals surface area contributed by atoms with E-state index in [0.717, 1.165) is 52.7 Å². The highest BCUT2D eigenvalue weighted by Crippen LogP contribution is 2.30. The van der Waals surface area contributed by atoms with Gasteiger partial charge >= 0.3 is 0 Å². The van der Waals surface area contributed by atoms with Gasteiger partial charge in [-0.1, -0.05) is 49.7 Å². The number of hydrogen-bond acceptors (Lipinski definition) is 5. The average Bonchev–Trinajstić information content (AvgIpc) is 3.29. The van der Waals surface area contributed by atoms with E-state index in [-0.39, 0.29) is 17.6 Å². The second-order valence-electron chi connectivity index (χ2n) is 9.41. The van der Waals surface area contributed by atoms with Crippen LogP contribution in [0.2, 0.25) is 0 Å². The molecule has 2 amide bonds. The van der Waals surface area contributed by atoms with Crippen molar-refractivity contribution in [2.75, 3.05) is 11.9 Å². The summed E-state index contributed by atoms with van der Waals surface area (Å²) in [6.07, 6.45) is 4.29. The highest BCUT2D eigenvalue weighted by molar-refractivity contribution is 6.11. The maximum absolute atomic E-state index is 13.1. The van der Waals surface area contributed by atoms with Crippen molar-refractivity contribution < 1.29 is 18.7 Å². The third kappa shape index (κ3) is 5.32. The fraction of sp³-hybridized carbons (Fsp3) is 0.258. The van der Waals surface area contributed by atoms with Gasteiger partial charge in [0.05, 0.1) is 12.3 Å². The van der Waals surface area contributed by atoms with Crippen LogP contribution in [0.5, 0.6) is 5.75 Å². The molecule has 194 valence electrons. The van der Waals surface area contributed by atoms with Crippen molar-refractivity contribution >= 4 is 34.0 Å². The van der Waals surface area contributed by atoms with E-state index in [1.807, 2.05) is 67.6 Å². The maximum Gasteiger partial charge on any atom is 0.291 e. The number of fused-ring (bicyclic) bond motifs is 2. The molecule has 3 aromatic carbocycles. The van der Waals surface area contributed by atoms with Crippen LogP contribution in [-0.2, 0) is 6.42 Å². The van der Waals surface area contributed by atoms with E-state index >= 15 is 0 Å². The Morgan fingerprint density at radius 1 is 0.974 bits per heavy atom. The number of anilines is 1. The van der Waals surface area contributed by atoms with Crippen molar-refractivity contribution in [2.45, 2.75) is 46.0 Å². The molecule has 0 spiro atoms. The first kappa shape index (κ1) is 25.3. The fourth-order valence-corrected chi connectivity index (χ4v) is 4.76. The molecule has 0 saturated carbocycles. The molecule has 4 aromatic rings. The largest absolute Gasteiger partial charge is 0.494 e. The first-order chi connectivity index (χ1) is 18.5. The highest BCUT2D eigenvalue weighted by atomic mass is 16.5. The summed E-state index contributed by atoms with van der Waals surface area (Å²) >= 11 is 0. The topological polar surface area (TPSA) is 92.9 Å². The molecule has 0 saturated heterocycles. The molecule has 0 fully saturated rings. The number of nitrogens with zero attached hydrogens (tertiary/aromatic N) is 1. The third-order valence-electron chi connectivity index (χ3n) is 6.74. The minimum absolute atomic E-state index is 0.258. The quantitative estimate of drug-likeness (QED) is 0.206. The van der Waals surface area contributed by atoms with Gasteiger partial charge in [-0.25, -0.2) is 5.43 Å². The van der Waals surface area contributed by atoms with Gasteiger partial charge in [-0.2, -0.15) is 5.10 Å². The predicted molar refractivity (Wildman–Crippen MR) is 149 cm³/mol. The van der Waals surface area contributed by atoms with Crippen LogP contribution in [0.4, 0.5) is 5.69 Å². The van der Waals surface area contributed by atoms with Crippen LogP contribution in [0.15, 0.2) is 76.2 Å². The molecule has 2 N–H and O–H groups in total. The summed E-state index contributed by atoms with van der Waals surface area (Å²) in [5.41, 5.74) is 6.18. The molecule has 1 aromatic heterocycles. The van der Waals surface area contributed by atoms with E-state index in [4.69, 9.17) is 9.15 Å². The molecule has 1 aliphatic carbocycles. The summed E-state index contributed by atoms with van der Waals surface area (Å²) in [6, 6.07) is 20.7. The molecule has 0 aliphatic heterocycles. The van der Waals surface area contributed by atoms with E-state index < -0.39 is 0 Å². The Labute approximate surface area is 221 Å². The van der Waals surface area contributed by atoms with Crippen LogP contribution >= 0.6 is 0 Å². The Morgan fingerprint density at radius 3 is 2.58 bits per heavy atom. The summed E-state index contributed by atoms with van der Waals surface area (Å²) in [5.74, 6) is 1.15. The minimum Gasteiger partial charge on any atom is -0.494 e. The van der Waals surface area contributed by atoms with Crippen LogP contribution in [-0.4, -0.2) is 24.1 Å². The van der Waals surface area contributed by atoms with E-state index in [0.29, 0.717) is 36.4 Å². The maximum atomic E-state index is 13.1. The van der Waals surface area contributed by atoms with E-state index in [1.54, 1.807) is 6.07 Å². The van der Waals surface area contributed by atoms with Crippen LogP contribution < -0.4 is 15.5 Å². The first-order valence-corrected chi connectivity index (χ1v) is 13.1. The SMILES string of the molecule is CCCCOc1ccc(NC(=O)c2oc3c(c2C)/C(=N/NC(=O)c2cccc4ccccc24)CCC3)cc1. The zero-order valence-electron chi connectivity index (χ0n) is 21.7. The summed E-state index contributed by atoms with van der Waals surface area (Å²) in [7, 11) is 0. The fourth-order valence-electron chi connectivity index (χ4n) is 4.76. The number of hydrazone groups is 1. The summed E-state index contributed by atoms with van der Waals surface area (Å²) in [6.45, 7) is 4.65. The smallest absolute Gasteiger partial charge is 0.291 e. The number of hydrogen-bond donors (Lipinski definition) is 2. The molecular weight excluding hydrogens is 478 g/mol. The third-order valence-corrected chi connectivity index (χ3v) is 6.74. The predicted octanol–water partition coefficient (Wildman–Crippen LogP) is 6.64. The number of aryl methyl sites for hydroxylation is 1. The molecule has 0 unspecified atom stereocenters. The second kappa shape index (κ2) is 11.3. The van der Waals surface area contributed by atoms with Crippen LogP contribution in [0.3, 0.4) is 0 Å². The number of unbranched alkanes of at least 4 members (excludes halogenated alkanes) is 1. The monoisotopic (exact) mass is 509 g/mol. The van der Waals surface area contributed by atoms with Crippen molar-refractivity contribution in [1.82, 2.24) is 5.43 Å². The zero-order valence-corrected chi connectivity index (χ0v) is 21.7. The number of ether oxygens (including phenoxy) is 1. The number of benzene rings is 3. The zero-order chi connectivity index (χ0) is 26.5. The molecule has 7 heteroatoms. The van der Waals surface area contributed by atoms with Crippen molar-refractivity contribution in [2.24, 2.45) is 5.10 Å². The van der Waals surface area contributed by atoms with E-state index in [2.05, 4.69) is 22.8 Å². The van der Waals surface area contributed by atoms with Gasteiger partial charge < -0.3 is 14.5 Å². The van der Waals surface area contributed by atoms with Crippen LogP contribution in [0.25, 0.3) is 10.8 Å². The van der Waals surface area contributed by atoms with Crippen molar-refractivity contribution in [3.05, 3.63) is 94.9 Å². The summed E-state index contributed by atoms with van der Waals surface area (Å²) in [4.78, 5) is 26.1. The minimum atomic E-state index is -0.323. The average molecular weight is 510 g/mol. The number of furan rings is 1. The molecule has 7 nitrogen and oxygen atoms in total. The number of carbonyl (C=O) groups is 2. The lowest BCUT2D eigenvalue weighted by Gasteiger charge is -2.13. The van der Waals surface area contributed by atoms with Gasteiger partial charge in [-0.15, -0.1) is 0 Å². The first-order valence-electron chi connectivity index (χ1n) is 13.1. The van der Waals surface area contributed by atoms with Crippen molar-refractivity contribution in [1.29, 1.82) is 0 Å². The lowest BCUT2D eigenvalue weighted by molar-refractivity contribution is 0.0955. The highest BCUT2D eigenvalue weighted by Gasteiger charge is 2.28. The molecule has 0 radical (unpaired) electrons. The number of nitrogens with one attached hydrogen (secondary N) is 2. The van der Waals surface area contributed by atoms with Gasteiger partial charge in [-0.3, -0.25) is 9.59 Å². The summed E-state index contributed by atoms with van der Waals surface area (Å²) in [5, 5.41) is 9.25. The van der Waals surface area contributed by atoms with Crippen LogP contribution in [0, 0.1) is 6.92 Å². The number of carbonyl (C=O) groups excluding carboxylic acids is 2. The van der Waals surface area contributed by atoms with Crippen molar-refractivity contribution in [3.63, 3.8) is 0 Å². The van der Waals surface area contributed by atoms with Gasteiger partial charge in [0, 0.05) is 28.8 Å². The number of rotatable bonds is 8. The van der Waals surface area contributed by atoms with E-state index in [9.17, 15) is 9.59 Å². The molecular formula is C31H31N3O4. The van der Waals surface area contributed by atoms with Crippen molar-refractivity contribution in [3.8, 4) is 5.75 Å². The molecule has 0 bridgehead atoms. The van der Waals surface area contributed by atoms with Crippen LogP contribution in [0.1, 0.15) is 70.4 Å². The molecule has 1 heterocycles. The van der Waals surface area contributed by atoms with Gasteiger partial charge in [0.2, 0.25) is 0 Å². The molecule has 5 rings (SSSR count). The Balaban J connectivity index is 1.32. The Hall–Kier alpha value is -4.39. The Kier molecular flexibility index (Phi) is 7.54. The van der Waals surface area contributed by atoms with Gasteiger partial charge in [0.1, 0.15) is 11.5 Å². The Bertz CT molecular complexity index is 1500. The van der Waals surface area contributed by atoms with E-state index in [1.165, 1.54) is 0 Å². The second-order valence-corrected chi connectivity index (χ2v) is 9.41. The van der Waals surface area contributed by atoms with Gasteiger partial charge in [0.25, 0.3) is 11.8 Å². The molecule has 1 aliphatic rings. The summed E-state index contributed by atoms with van der Waals surface area (Å²) < 4.78 is 11.7.